The summed E-state index contributed by atoms with van der Waals surface area (Å²) in [4.78, 5) is 11.2. The van der Waals surface area contributed by atoms with E-state index in [-0.39, 0.29) is 11.9 Å². The van der Waals surface area contributed by atoms with Gasteiger partial charge in [0.15, 0.2) is 0 Å². The highest BCUT2D eigenvalue weighted by atomic mass is 16.1. The maximum Gasteiger partial charge on any atom is 0.220 e. The topological polar surface area (TPSA) is 41.1 Å². The van der Waals surface area contributed by atoms with E-state index in [9.17, 15) is 4.79 Å². The molecule has 0 aliphatic rings. The Morgan fingerprint density at radius 1 is 1.23 bits per heavy atom. The second-order valence-corrected chi connectivity index (χ2v) is 3.64. The summed E-state index contributed by atoms with van der Waals surface area (Å²) in [6.45, 7) is 5.02. The van der Waals surface area contributed by atoms with Crippen LogP contribution in [0.15, 0.2) is 0 Å². The predicted molar refractivity (Wildman–Crippen MR) is 55.7 cm³/mol. The first kappa shape index (κ1) is 12.4. The van der Waals surface area contributed by atoms with Gasteiger partial charge in [0.05, 0.1) is 0 Å². The van der Waals surface area contributed by atoms with Gasteiger partial charge in [0, 0.05) is 12.5 Å². The van der Waals surface area contributed by atoms with E-state index in [0.717, 1.165) is 25.8 Å². The zero-order valence-corrected chi connectivity index (χ0v) is 9.02. The van der Waals surface area contributed by atoms with Crippen LogP contribution >= 0.6 is 0 Å². The molecular formula is C10H22N2O. The maximum absolute atomic E-state index is 11.2. The third-order valence-corrected chi connectivity index (χ3v) is 1.78. The Bertz CT molecular complexity index is 135. The van der Waals surface area contributed by atoms with Crippen molar-refractivity contribution in [3.8, 4) is 0 Å². The Balaban J connectivity index is 3.17. The van der Waals surface area contributed by atoms with E-state index in [4.69, 9.17) is 0 Å². The van der Waals surface area contributed by atoms with E-state index in [1.165, 1.54) is 0 Å². The lowest BCUT2D eigenvalue weighted by molar-refractivity contribution is -0.121. The average Bonchev–Trinajstić information content (AvgIpc) is 2.02. The van der Waals surface area contributed by atoms with Crippen LogP contribution in [-0.4, -0.2) is 25.5 Å². The molecule has 0 aromatic rings. The third kappa shape index (κ3) is 9.34. The molecule has 78 valence electrons. The Labute approximate surface area is 81.3 Å². The van der Waals surface area contributed by atoms with Crippen molar-refractivity contribution in [3.63, 3.8) is 0 Å². The number of nitrogens with one attached hydrogen (secondary N) is 2. The number of amides is 1. The van der Waals surface area contributed by atoms with Crippen molar-refractivity contribution in [3.05, 3.63) is 0 Å². The number of carbonyl (C=O) groups excluding carboxylic acids is 1. The number of hydrogen-bond acceptors (Lipinski definition) is 2. The van der Waals surface area contributed by atoms with Crippen LogP contribution in [0.5, 0.6) is 0 Å². The summed E-state index contributed by atoms with van der Waals surface area (Å²) in [6.07, 6.45) is 3.96. The monoisotopic (exact) mass is 186 g/mol. The van der Waals surface area contributed by atoms with Crippen molar-refractivity contribution >= 4 is 5.91 Å². The van der Waals surface area contributed by atoms with E-state index in [2.05, 4.69) is 10.6 Å². The fourth-order valence-corrected chi connectivity index (χ4v) is 1.16. The van der Waals surface area contributed by atoms with Crippen LogP contribution in [0.4, 0.5) is 0 Å². The van der Waals surface area contributed by atoms with Crippen molar-refractivity contribution in [2.75, 3.05) is 13.6 Å². The number of rotatable bonds is 7. The van der Waals surface area contributed by atoms with Gasteiger partial charge in [-0.15, -0.1) is 0 Å². The molecule has 3 nitrogen and oxygen atoms in total. The van der Waals surface area contributed by atoms with Crippen LogP contribution < -0.4 is 10.6 Å². The largest absolute Gasteiger partial charge is 0.354 e. The summed E-state index contributed by atoms with van der Waals surface area (Å²) < 4.78 is 0. The highest BCUT2D eigenvalue weighted by Gasteiger charge is 2.01. The van der Waals surface area contributed by atoms with E-state index in [1.807, 2.05) is 20.9 Å². The molecule has 3 heteroatoms. The Morgan fingerprint density at radius 2 is 1.92 bits per heavy atom. The molecule has 2 N–H and O–H groups in total. The van der Waals surface area contributed by atoms with Crippen molar-refractivity contribution in [1.82, 2.24) is 10.6 Å². The second kappa shape index (κ2) is 8.05. The molecule has 0 rings (SSSR count). The molecule has 0 heterocycles. The van der Waals surface area contributed by atoms with E-state index >= 15 is 0 Å². The predicted octanol–water partition coefficient (Wildman–Crippen LogP) is 1.29. The summed E-state index contributed by atoms with van der Waals surface area (Å²) >= 11 is 0. The molecule has 0 aromatic heterocycles. The minimum absolute atomic E-state index is 0.180. The lowest BCUT2D eigenvalue weighted by atomic mass is 10.2. The number of unbranched alkanes of at least 4 members (excludes halogenated alkanes) is 2. The van der Waals surface area contributed by atoms with Gasteiger partial charge >= 0.3 is 0 Å². The molecule has 0 spiro atoms. The molecule has 0 atom stereocenters. The van der Waals surface area contributed by atoms with Crippen LogP contribution in [0, 0.1) is 0 Å². The molecule has 0 bridgehead atoms. The van der Waals surface area contributed by atoms with Crippen LogP contribution in [0.25, 0.3) is 0 Å². The van der Waals surface area contributed by atoms with Gasteiger partial charge in [-0.05, 0) is 40.3 Å². The lowest BCUT2D eigenvalue weighted by Crippen LogP contribution is -2.29. The van der Waals surface area contributed by atoms with Gasteiger partial charge < -0.3 is 10.6 Å². The molecular weight excluding hydrogens is 164 g/mol. The van der Waals surface area contributed by atoms with Gasteiger partial charge in [0.1, 0.15) is 0 Å². The van der Waals surface area contributed by atoms with Crippen molar-refractivity contribution < 1.29 is 4.79 Å². The van der Waals surface area contributed by atoms with E-state index in [0.29, 0.717) is 6.42 Å². The lowest BCUT2D eigenvalue weighted by Gasteiger charge is -2.07. The molecule has 0 aliphatic heterocycles. The van der Waals surface area contributed by atoms with E-state index in [1.54, 1.807) is 0 Å². The van der Waals surface area contributed by atoms with Gasteiger partial charge in [0.25, 0.3) is 0 Å². The Kier molecular flexibility index (Phi) is 7.69. The molecule has 1 amide bonds. The van der Waals surface area contributed by atoms with Crippen LogP contribution in [-0.2, 0) is 4.79 Å². The minimum atomic E-state index is 0.180. The molecule has 13 heavy (non-hydrogen) atoms. The summed E-state index contributed by atoms with van der Waals surface area (Å²) in [5, 5.41) is 5.97. The molecule has 0 aromatic carbocycles. The highest BCUT2D eigenvalue weighted by Crippen LogP contribution is 1.98. The molecule has 0 saturated carbocycles. The highest BCUT2D eigenvalue weighted by molar-refractivity contribution is 5.76. The first-order chi connectivity index (χ1) is 6.16. The van der Waals surface area contributed by atoms with Gasteiger partial charge in [-0.25, -0.2) is 0 Å². The third-order valence-electron chi connectivity index (χ3n) is 1.78. The number of hydrogen-bond donors (Lipinski definition) is 2. The van der Waals surface area contributed by atoms with Crippen LogP contribution in [0.2, 0.25) is 0 Å². The summed E-state index contributed by atoms with van der Waals surface area (Å²) in [5.41, 5.74) is 0. The van der Waals surface area contributed by atoms with Gasteiger partial charge in [-0.2, -0.15) is 0 Å². The van der Waals surface area contributed by atoms with Crippen molar-refractivity contribution in [2.24, 2.45) is 0 Å². The fraction of sp³-hybridized carbons (Fsp3) is 0.900. The quantitative estimate of drug-likeness (QED) is 0.588. The van der Waals surface area contributed by atoms with Crippen LogP contribution in [0.1, 0.15) is 39.5 Å². The average molecular weight is 186 g/mol. The normalized spacial score (nSPS) is 10.5. The molecule has 0 aliphatic carbocycles. The molecule has 0 saturated heterocycles. The Morgan fingerprint density at radius 3 is 2.46 bits per heavy atom. The van der Waals surface area contributed by atoms with Gasteiger partial charge in [-0.3, -0.25) is 4.79 Å². The minimum Gasteiger partial charge on any atom is -0.354 e. The van der Waals surface area contributed by atoms with Crippen molar-refractivity contribution in [2.45, 2.75) is 45.6 Å². The van der Waals surface area contributed by atoms with Crippen molar-refractivity contribution in [1.29, 1.82) is 0 Å². The van der Waals surface area contributed by atoms with E-state index < -0.39 is 0 Å². The fourth-order valence-electron chi connectivity index (χ4n) is 1.16. The second-order valence-electron chi connectivity index (χ2n) is 3.64. The zero-order chi connectivity index (χ0) is 10.1. The number of carbonyl (C=O) groups is 1. The van der Waals surface area contributed by atoms with Crippen LogP contribution in [0.3, 0.4) is 0 Å². The molecule has 0 radical (unpaired) electrons. The first-order valence-electron chi connectivity index (χ1n) is 5.10. The summed E-state index contributed by atoms with van der Waals surface area (Å²) in [5.74, 6) is 0.180. The molecule has 0 unspecified atom stereocenters. The SMILES string of the molecule is CNCCCCCC(=O)NC(C)C. The standard InChI is InChI=1S/C10H22N2O/c1-9(2)12-10(13)7-5-4-6-8-11-3/h9,11H,4-8H2,1-3H3,(H,12,13). The molecule has 0 fully saturated rings. The van der Waals surface area contributed by atoms with Gasteiger partial charge in [-0.1, -0.05) is 6.42 Å². The summed E-state index contributed by atoms with van der Waals surface area (Å²) in [6, 6.07) is 0.268. The zero-order valence-electron chi connectivity index (χ0n) is 9.02. The maximum atomic E-state index is 11.2. The van der Waals surface area contributed by atoms with Gasteiger partial charge in [0.2, 0.25) is 5.91 Å². The Hall–Kier alpha value is -0.570. The summed E-state index contributed by atoms with van der Waals surface area (Å²) in [7, 11) is 1.95. The smallest absolute Gasteiger partial charge is 0.220 e. The first-order valence-corrected chi connectivity index (χ1v) is 5.10.